The fraction of sp³-hybridized carbons (Fsp3) is 0.231. The number of anilines is 2. The lowest BCUT2D eigenvalue weighted by Gasteiger charge is -2.19. The van der Waals surface area contributed by atoms with Crippen LogP contribution in [-0.2, 0) is 0 Å². The number of hydrogen-bond donors (Lipinski definition) is 2. The lowest BCUT2D eigenvalue weighted by atomic mass is 9.89. The van der Waals surface area contributed by atoms with Gasteiger partial charge in [0.2, 0.25) is 0 Å². The molecule has 0 fully saturated rings. The smallest absolute Gasteiger partial charge is 0.256 e. The maximum absolute atomic E-state index is 13.2. The molecule has 166 valence electrons. The van der Waals surface area contributed by atoms with Gasteiger partial charge in [0.05, 0.1) is 23.5 Å². The molecule has 0 spiro atoms. The Morgan fingerprint density at radius 1 is 0.750 bits per heavy atom. The Kier molecular flexibility index (Phi) is 6.90. The second-order valence-corrected chi connectivity index (χ2v) is 8.21. The molecule has 3 aromatic carbocycles. The molecule has 0 bridgehead atoms. The van der Waals surface area contributed by atoms with E-state index in [9.17, 15) is 9.59 Å². The van der Waals surface area contributed by atoms with Crippen molar-refractivity contribution in [3.8, 4) is 5.75 Å². The van der Waals surface area contributed by atoms with E-state index in [2.05, 4.69) is 17.6 Å². The summed E-state index contributed by atoms with van der Waals surface area (Å²) in [7, 11) is 1.50. The topological polar surface area (TPSA) is 67.4 Å². The molecular weight excluding hydrogens is 424 g/mol. The Balaban J connectivity index is 1.92. The molecule has 0 aromatic heterocycles. The van der Waals surface area contributed by atoms with Crippen LogP contribution in [0.5, 0.6) is 5.75 Å². The fourth-order valence-corrected chi connectivity index (χ4v) is 3.94. The number of rotatable bonds is 5. The highest BCUT2D eigenvalue weighted by Crippen LogP contribution is 2.36. The summed E-state index contributed by atoms with van der Waals surface area (Å²) in [6, 6.07) is 12.0. The van der Waals surface area contributed by atoms with E-state index in [0.29, 0.717) is 28.3 Å². The van der Waals surface area contributed by atoms with Crippen LogP contribution in [0.1, 0.15) is 48.5 Å². The van der Waals surface area contributed by atoms with Gasteiger partial charge in [-0.05, 0) is 80.6 Å². The number of carbonyl (C=O) groups excluding carboxylic acids is 2. The van der Waals surface area contributed by atoms with Gasteiger partial charge in [-0.25, -0.2) is 0 Å². The maximum Gasteiger partial charge on any atom is 0.256 e. The van der Waals surface area contributed by atoms with Gasteiger partial charge in [-0.3, -0.25) is 9.59 Å². The number of ether oxygens (including phenoxy) is 1. The highest BCUT2D eigenvalue weighted by Gasteiger charge is 2.20. The van der Waals surface area contributed by atoms with E-state index in [1.165, 1.54) is 12.7 Å². The molecule has 32 heavy (non-hydrogen) atoms. The number of benzene rings is 3. The zero-order valence-electron chi connectivity index (χ0n) is 19.1. The molecule has 0 saturated carbocycles. The molecule has 0 unspecified atom stereocenters. The molecule has 0 aliphatic rings. The molecule has 0 heterocycles. The van der Waals surface area contributed by atoms with Gasteiger partial charge < -0.3 is 15.4 Å². The SMILES string of the molecule is COc1cc(NC(=O)c2ccccc2)c(Cl)cc1NC(=O)c1c(C)c(C)c(C)c(C)c1C. The predicted octanol–water partition coefficient (Wildman–Crippen LogP) is 6.40. The number of nitrogens with one attached hydrogen (secondary N) is 2. The predicted molar refractivity (Wildman–Crippen MR) is 130 cm³/mol. The monoisotopic (exact) mass is 450 g/mol. The number of methoxy groups -OCH3 is 1. The molecule has 2 amide bonds. The summed E-state index contributed by atoms with van der Waals surface area (Å²) in [5.41, 5.74) is 7.25. The number of hydrogen-bond acceptors (Lipinski definition) is 3. The van der Waals surface area contributed by atoms with Gasteiger partial charge in [-0.1, -0.05) is 29.8 Å². The van der Waals surface area contributed by atoms with Crippen molar-refractivity contribution in [3.63, 3.8) is 0 Å². The first kappa shape index (κ1) is 23.4. The molecule has 0 saturated heterocycles. The third-order valence-electron chi connectivity index (χ3n) is 6.05. The van der Waals surface area contributed by atoms with Gasteiger partial charge in [0, 0.05) is 17.2 Å². The quantitative estimate of drug-likeness (QED) is 0.472. The molecule has 0 atom stereocenters. The first-order valence-corrected chi connectivity index (χ1v) is 10.7. The summed E-state index contributed by atoms with van der Waals surface area (Å²) >= 11 is 6.43. The maximum atomic E-state index is 13.2. The van der Waals surface area contributed by atoms with Gasteiger partial charge in [0.1, 0.15) is 5.75 Å². The first-order chi connectivity index (χ1) is 15.1. The highest BCUT2D eigenvalue weighted by molar-refractivity contribution is 6.34. The van der Waals surface area contributed by atoms with E-state index >= 15 is 0 Å². The minimum atomic E-state index is -0.289. The van der Waals surface area contributed by atoms with E-state index < -0.39 is 0 Å². The highest BCUT2D eigenvalue weighted by atomic mass is 35.5. The van der Waals surface area contributed by atoms with Crippen LogP contribution >= 0.6 is 11.6 Å². The van der Waals surface area contributed by atoms with E-state index in [1.54, 1.807) is 36.4 Å². The van der Waals surface area contributed by atoms with Crippen molar-refractivity contribution in [2.75, 3.05) is 17.7 Å². The fourth-order valence-electron chi connectivity index (χ4n) is 3.73. The second-order valence-electron chi connectivity index (χ2n) is 7.81. The van der Waals surface area contributed by atoms with Crippen LogP contribution < -0.4 is 15.4 Å². The Morgan fingerprint density at radius 2 is 1.28 bits per heavy atom. The van der Waals surface area contributed by atoms with Crippen LogP contribution in [0.4, 0.5) is 11.4 Å². The molecule has 6 heteroatoms. The summed E-state index contributed by atoms with van der Waals surface area (Å²) < 4.78 is 5.47. The van der Waals surface area contributed by atoms with Gasteiger partial charge in [-0.15, -0.1) is 0 Å². The van der Waals surface area contributed by atoms with E-state index in [-0.39, 0.29) is 16.8 Å². The molecule has 5 nitrogen and oxygen atoms in total. The summed E-state index contributed by atoms with van der Waals surface area (Å²) in [5, 5.41) is 6.00. The van der Waals surface area contributed by atoms with Gasteiger partial charge in [-0.2, -0.15) is 0 Å². The van der Waals surface area contributed by atoms with Crippen molar-refractivity contribution in [2.45, 2.75) is 34.6 Å². The largest absolute Gasteiger partial charge is 0.494 e. The summed E-state index contributed by atoms with van der Waals surface area (Å²) in [6.45, 7) is 10.0. The van der Waals surface area contributed by atoms with Crippen molar-refractivity contribution in [1.82, 2.24) is 0 Å². The van der Waals surface area contributed by atoms with Gasteiger partial charge in [0.25, 0.3) is 11.8 Å². The zero-order valence-corrected chi connectivity index (χ0v) is 19.9. The third-order valence-corrected chi connectivity index (χ3v) is 6.36. The number of amides is 2. The Bertz CT molecular complexity index is 1170. The normalized spacial score (nSPS) is 10.6. The van der Waals surface area contributed by atoms with Crippen LogP contribution in [0.2, 0.25) is 5.02 Å². The summed E-state index contributed by atoms with van der Waals surface area (Å²) in [4.78, 5) is 25.7. The molecule has 0 radical (unpaired) electrons. The summed E-state index contributed by atoms with van der Waals surface area (Å²) in [5.74, 6) is -0.133. The molecule has 3 aromatic rings. The van der Waals surface area contributed by atoms with Crippen LogP contribution in [0, 0.1) is 34.6 Å². The molecule has 3 rings (SSSR count). The van der Waals surface area contributed by atoms with Gasteiger partial charge in [0.15, 0.2) is 0 Å². The second kappa shape index (κ2) is 9.45. The third kappa shape index (κ3) is 4.48. The van der Waals surface area contributed by atoms with Crippen LogP contribution in [0.3, 0.4) is 0 Å². The van der Waals surface area contributed by atoms with E-state index in [0.717, 1.165) is 22.3 Å². The number of carbonyl (C=O) groups is 2. The van der Waals surface area contributed by atoms with E-state index in [1.807, 2.05) is 33.8 Å². The van der Waals surface area contributed by atoms with E-state index in [4.69, 9.17) is 16.3 Å². The van der Waals surface area contributed by atoms with Crippen LogP contribution in [0.15, 0.2) is 42.5 Å². The molecule has 0 aliphatic heterocycles. The lowest BCUT2D eigenvalue weighted by molar-refractivity contribution is 0.101. The molecule has 0 aliphatic carbocycles. The molecule has 2 N–H and O–H groups in total. The lowest BCUT2D eigenvalue weighted by Crippen LogP contribution is -2.18. The van der Waals surface area contributed by atoms with Crippen molar-refractivity contribution in [3.05, 3.63) is 86.4 Å². The number of halogens is 1. The summed E-state index contributed by atoms with van der Waals surface area (Å²) in [6.07, 6.45) is 0. The Labute approximate surface area is 193 Å². The first-order valence-electron chi connectivity index (χ1n) is 10.3. The molecular formula is C26H27ClN2O3. The van der Waals surface area contributed by atoms with Crippen molar-refractivity contribution < 1.29 is 14.3 Å². The Morgan fingerprint density at radius 3 is 1.84 bits per heavy atom. The zero-order chi connectivity index (χ0) is 23.6. The Hall–Kier alpha value is -3.31. The average Bonchev–Trinajstić information content (AvgIpc) is 2.78. The minimum absolute atomic E-state index is 0.235. The van der Waals surface area contributed by atoms with Crippen molar-refractivity contribution in [1.29, 1.82) is 0 Å². The average molecular weight is 451 g/mol. The van der Waals surface area contributed by atoms with Crippen molar-refractivity contribution >= 4 is 34.8 Å². The van der Waals surface area contributed by atoms with Crippen LogP contribution in [-0.4, -0.2) is 18.9 Å². The minimum Gasteiger partial charge on any atom is -0.494 e. The van der Waals surface area contributed by atoms with Gasteiger partial charge >= 0.3 is 0 Å². The van der Waals surface area contributed by atoms with Crippen LogP contribution in [0.25, 0.3) is 0 Å². The standard InChI is InChI=1S/C26H27ClN2O3/c1-14-15(2)17(4)24(18(5)16(14)3)26(31)29-22-12-20(27)21(13-23(22)32-6)28-25(30)19-10-8-7-9-11-19/h7-13H,1-6H3,(H,28,30)(H,29,31). The van der Waals surface area contributed by atoms with Crippen molar-refractivity contribution in [2.24, 2.45) is 0 Å².